The van der Waals surface area contributed by atoms with Crippen molar-refractivity contribution in [3.63, 3.8) is 0 Å². The van der Waals surface area contributed by atoms with E-state index in [0.29, 0.717) is 29.6 Å². The molecule has 10 nitrogen and oxygen atoms in total. The summed E-state index contributed by atoms with van der Waals surface area (Å²) in [5.41, 5.74) is 7.23. The van der Waals surface area contributed by atoms with Gasteiger partial charge in [0.15, 0.2) is 23.4 Å². The Balaban J connectivity index is 0.000000272. The van der Waals surface area contributed by atoms with Gasteiger partial charge in [0.05, 0.1) is 19.3 Å². The van der Waals surface area contributed by atoms with Crippen molar-refractivity contribution in [2.24, 2.45) is 5.73 Å². The number of phenolic OH excluding ortho intramolecular Hbond substituents is 1. The van der Waals surface area contributed by atoms with E-state index >= 15 is 0 Å². The van der Waals surface area contributed by atoms with Crippen LogP contribution in [0.2, 0.25) is 0 Å². The van der Waals surface area contributed by atoms with Crippen molar-refractivity contribution in [2.75, 3.05) is 53.0 Å². The van der Waals surface area contributed by atoms with Gasteiger partial charge in [-0.2, -0.15) is 0 Å². The summed E-state index contributed by atoms with van der Waals surface area (Å²) in [4.78, 5) is 12.3. The number of hydrogen-bond acceptors (Lipinski definition) is 10. The van der Waals surface area contributed by atoms with Gasteiger partial charge in [-0.1, -0.05) is 37.3 Å². The molecule has 0 aromatic heterocycles. The fourth-order valence-corrected chi connectivity index (χ4v) is 5.58. The van der Waals surface area contributed by atoms with Crippen LogP contribution < -0.4 is 35.9 Å². The first-order valence-electron chi connectivity index (χ1n) is 18.1. The number of benzene rings is 3. The number of fused-ring (bicyclic) bond motifs is 1. The zero-order chi connectivity index (χ0) is 36.2. The lowest BCUT2D eigenvalue weighted by atomic mass is 9.87. The predicted molar refractivity (Wildman–Crippen MR) is 201 cm³/mol. The second-order valence-corrected chi connectivity index (χ2v) is 13.3. The first-order valence-corrected chi connectivity index (χ1v) is 18.1. The van der Waals surface area contributed by atoms with Crippen molar-refractivity contribution in [3.8, 4) is 23.0 Å². The van der Waals surface area contributed by atoms with Crippen LogP contribution in [-0.4, -0.2) is 80.7 Å². The number of ether oxygens (including phenoxy) is 3. The molecule has 0 fully saturated rings. The molecule has 4 rings (SSSR count). The third-order valence-corrected chi connectivity index (χ3v) is 8.71. The van der Waals surface area contributed by atoms with Crippen LogP contribution in [0.25, 0.3) is 0 Å². The lowest BCUT2D eigenvalue weighted by Crippen LogP contribution is -2.50. The van der Waals surface area contributed by atoms with Crippen LogP contribution >= 0.6 is 0 Å². The third kappa shape index (κ3) is 13.9. The highest BCUT2D eigenvalue weighted by Gasteiger charge is 2.42. The zero-order valence-corrected chi connectivity index (χ0v) is 30.5. The van der Waals surface area contributed by atoms with Crippen LogP contribution in [0.4, 0.5) is 0 Å². The van der Waals surface area contributed by atoms with Crippen LogP contribution in [0.1, 0.15) is 86.7 Å². The summed E-state index contributed by atoms with van der Waals surface area (Å²) in [6.45, 7) is 13.0. The molecule has 0 saturated heterocycles. The van der Waals surface area contributed by atoms with E-state index in [-0.39, 0.29) is 11.5 Å². The highest BCUT2D eigenvalue weighted by atomic mass is 16.5. The second-order valence-electron chi connectivity index (χ2n) is 13.3. The SMILES string of the molecule is CC(CCCOc1ccccc1)c1ccc2c(c1)OC(C)(C)C(O)C2=O.COc1cc(CNCCCNCCCCNCCCN)ccc1O. The monoisotopic (exact) mass is 692 g/mol. The minimum Gasteiger partial charge on any atom is -0.504 e. The average Bonchev–Trinajstić information content (AvgIpc) is 3.12. The predicted octanol–water partition coefficient (Wildman–Crippen LogP) is 5.55. The Kier molecular flexibility index (Phi) is 18.1. The molecule has 7 N–H and O–H groups in total. The molecule has 0 bridgehead atoms. The quantitative estimate of drug-likeness (QED) is 0.0786. The minimum absolute atomic E-state index is 0.181. The molecule has 3 aromatic rings. The number of carbonyl (C=O) groups is 1. The number of nitrogens with one attached hydrogen (secondary N) is 3. The first kappa shape index (κ1) is 40.8. The fraction of sp³-hybridized carbons (Fsp3) is 0.525. The molecular weight excluding hydrogens is 632 g/mol. The number of carbonyl (C=O) groups excluding carboxylic acids is 1. The van der Waals surface area contributed by atoms with E-state index in [1.165, 1.54) is 12.8 Å². The van der Waals surface area contributed by atoms with Crippen molar-refractivity contribution in [1.82, 2.24) is 16.0 Å². The molecule has 50 heavy (non-hydrogen) atoms. The molecular formula is C40H60N4O6. The number of nitrogens with two attached hydrogens (primary N) is 1. The molecule has 2 atom stereocenters. The van der Waals surface area contributed by atoms with E-state index in [2.05, 4.69) is 22.9 Å². The Morgan fingerprint density at radius 2 is 1.56 bits per heavy atom. The van der Waals surface area contributed by atoms with Crippen molar-refractivity contribution in [3.05, 3.63) is 83.4 Å². The number of methoxy groups -OCH3 is 1. The minimum atomic E-state index is -1.13. The van der Waals surface area contributed by atoms with E-state index in [9.17, 15) is 15.0 Å². The molecule has 276 valence electrons. The number of ketones is 1. The summed E-state index contributed by atoms with van der Waals surface area (Å²) in [6, 6.07) is 20.9. The second kappa shape index (κ2) is 22.2. The summed E-state index contributed by atoms with van der Waals surface area (Å²) in [5, 5.41) is 29.9. The number of aliphatic hydroxyl groups is 1. The average molecular weight is 693 g/mol. The lowest BCUT2D eigenvalue weighted by Gasteiger charge is -2.36. The molecule has 0 aliphatic carbocycles. The van der Waals surface area contributed by atoms with Crippen molar-refractivity contribution >= 4 is 5.78 Å². The highest BCUT2D eigenvalue weighted by Crippen LogP contribution is 2.36. The summed E-state index contributed by atoms with van der Waals surface area (Å²) >= 11 is 0. The van der Waals surface area contributed by atoms with Crippen LogP contribution in [0, 0.1) is 0 Å². The van der Waals surface area contributed by atoms with Gasteiger partial charge in [-0.3, -0.25) is 4.79 Å². The van der Waals surface area contributed by atoms with E-state index < -0.39 is 11.7 Å². The molecule has 1 heterocycles. The lowest BCUT2D eigenvalue weighted by molar-refractivity contribution is -0.0249. The van der Waals surface area contributed by atoms with Gasteiger partial charge in [-0.25, -0.2) is 0 Å². The van der Waals surface area contributed by atoms with E-state index in [0.717, 1.165) is 88.4 Å². The number of hydrogen-bond donors (Lipinski definition) is 6. The number of aromatic hydroxyl groups is 1. The Bertz CT molecular complexity index is 1400. The van der Waals surface area contributed by atoms with Gasteiger partial charge in [0.25, 0.3) is 0 Å². The first-order chi connectivity index (χ1) is 24.2. The van der Waals surface area contributed by atoms with Crippen molar-refractivity contribution < 1.29 is 29.2 Å². The van der Waals surface area contributed by atoms with Gasteiger partial charge in [-0.05, 0) is 145 Å². The van der Waals surface area contributed by atoms with Gasteiger partial charge >= 0.3 is 0 Å². The normalized spacial score (nSPS) is 15.3. The molecule has 0 radical (unpaired) electrons. The largest absolute Gasteiger partial charge is 0.504 e. The van der Waals surface area contributed by atoms with E-state index in [4.69, 9.17) is 19.9 Å². The Hall–Kier alpha value is -3.67. The number of para-hydroxylation sites is 1. The molecule has 1 aliphatic heterocycles. The van der Waals surface area contributed by atoms with Crippen LogP contribution in [-0.2, 0) is 6.54 Å². The number of Topliss-reactive ketones (excluding diaryl/α,β-unsaturated/α-hetero) is 1. The molecule has 0 spiro atoms. The Morgan fingerprint density at radius 3 is 2.26 bits per heavy atom. The number of rotatable bonds is 21. The van der Waals surface area contributed by atoms with Gasteiger partial charge < -0.3 is 46.1 Å². The smallest absolute Gasteiger partial charge is 0.199 e. The maximum Gasteiger partial charge on any atom is 0.199 e. The Morgan fingerprint density at radius 1 is 0.880 bits per heavy atom. The van der Waals surface area contributed by atoms with Crippen LogP contribution in [0.3, 0.4) is 0 Å². The molecule has 2 unspecified atom stereocenters. The topological polar surface area (TPSA) is 147 Å². The highest BCUT2D eigenvalue weighted by molar-refractivity contribution is 6.03. The molecule has 0 amide bonds. The summed E-state index contributed by atoms with van der Waals surface area (Å²) in [5.74, 6) is 2.21. The summed E-state index contributed by atoms with van der Waals surface area (Å²) < 4.78 is 16.7. The van der Waals surface area contributed by atoms with Gasteiger partial charge in [0.1, 0.15) is 17.1 Å². The Labute approximate surface area is 299 Å². The van der Waals surface area contributed by atoms with E-state index in [1.807, 2.05) is 54.6 Å². The van der Waals surface area contributed by atoms with E-state index in [1.54, 1.807) is 33.1 Å². The van der Waals surface area contributed by atoms with Crippen LogP contribution in [0.15, 0.2) is 66.7 Å². The van der Waals surface area contributed by atoms with Gasteiger partial charge in [0.2, 0.25) is 0 Å². The summed E-state index contributed by atoms with van der Waals surface area (Å²) in [7, 11) is 1.56. The zero-order valence-electron chi connectivity index (χ0n) is 30.5. The number of unbranched alkanes of at least 4 members (excludes halogenated alkanes) is 1. The fourth-order valence-electron chi connectivity index (χ4n) is 5.58. The van der Waals surface area contributed by atoms with Crippen LogP contribution in [0.5, 0.6) is 23.0 Å². The number of aliphatic hydroxyl groups excluding tert-OH is 1. The summed E-state index contributed by atoms with van der Waals surface area (Å²) in [6.07, 6.45) is 5.36. The van der Waals surface area contributed by atoms with Crippen molar-refractivity contribution in [1.29, 1.82) is 0 Å². The standard InChI is InChI=1S/C22H26O4.C18H34N4O2/c1-15(8-7-13-25-17-9-5-4-6-10-17)16-11-12-18-19(14-16)26-22(2,3)21(24)20(18)23;1-24-18-14-16(6-7-17(18)23)15-22-13-5-12-21-10-3-2-9-20-11-4-8-19/h4-6,9-12,14-15,21,24H,7-8,13H2,1-3H3;6-7,14,20-23H,2-5,8-13,15,19H2,1H3. The molecule has 3 aromatic carbocycles. The molecule has 0 saturated carbocycles. The number of phenols is 1. The molecule has 10 heteroatoms. The molecule has 1 aliphatic rings. The van der Waals surface area contributed by atoms with Gasteiger partial charge in [0, 0.05) is 6.54 Å². The maximum atomic E-state index is 12.3. The maximum absolute atomic E-state index is 12.3. The third-order valence-electron chi connectivity index (χ3n) is 8.71. The van der Waals surface area contributed by atoms with Crippen molar-refractivity contribution in [2.45, 2.75) is 83.5 Å². The van der Waals surface area contributed by atoms with Gasteiger partial charge in [-0.15, -0.1) is 0 Å².